The molecule has 10 heteroatoms. The summed E-state index contributed by atoms with van der Waals surface area (Å²) in [7, 11) is 0. The number of hydroxylamine groups is 1. The highest BCUT2D eigenvalue weighted by Gasteiger charge is 2.19. The van der Waals surface area contributed by atoms with E-state index in [0.29, 0.717) is 35.3 Å². The summed E-state index contributed by atoms with van der Waals surface area (Å²) in [5.74, 6) is 4.23. The average Bonchev–Trinajstić information content (AvgIpc) is 2.94. The zero-order valence-electron chi connectivity index (χ0n) is 20.5. The quantitative estimate of drug-likeness (QED) is 0.104. The van der Waals surface area contributed by atoms with Crippen LogP contribution >= 0.6 is 0 Å². The van der Waals surface area contributed by atoms with Crippen LogP contribution in [0.15, 0.2) is 72.8 Å². The number of hydrogen-bond acceptors (Lipinski definition) is 6. The third-order valence-electron chi connectivity index (χ3n) is 5.45. The minimum atomic E-state index is -1.05. The number of rotatable bonds is 10. The molecule has 0 aliphatic rings. The Balaban J connectivity index is 1.46. The second-order valence-corrected chi connectivity index (χ2v) is 8.21. The van der Waals surface area contributed by atoms with E-state index in [4.69, 9.17) is 10.9 Å². The lowest BCUT2D eigenvalue weighted by Gasteiger charge is -2.14. The minimum Gasteiger partial charge on any atom is -0.339 e. The molecule has 38 heavy (non-hydrogen) atoms. The van der Waals surface area contributed by atoms with Gasteiger partial charge in [-0.1, -0.05) is 30.0 Å². The molecule has 0 spiro atoms. The maximum Gasteiger partial charge on any atom is 0.267 e. The van der Waals surface area contributed by atoms with E-state index < -0.39 is 17.9 Å². The van der Waals surface area contributed by atoms with Gasteiger partial charge in [-0.25, -0.2) is 9.87 Å². The Morgan fingerprint density at radius 3 is 2.16 bits per heavy atom. The summed E-state index contributed by atoms with van der Waals surface area (Å²) < 4.78 is 13.6. The lowest BCUT2D eigenvalue weighted by Crippen LogP contribution is -2.50. The maximum absolute atomic E-state index is 13.6. The van der Waals surface area contributed by atoms with Gasteiger partial charge in [-0.2, -0.15) is 0 Å². The van der Waals surface area contributed by atoms with E-state index in [0.717, 1.165) is 5.56 Å². The molecule has 196 valence electrons. The summed E-state index contributed by atoms with van der Waals surface area (Å²) in [5.41, 5.74) is 9.82. The molecule has 0 heterocycles. The van der Waals surface area contributed by atoms with Gasteiger partial charge in [0.25, 0.3) is 11.8 Å². The van der Waals surface area contributed by atoms with E-state index in [9.17, 15) is 18.8 Å². The third-order valence-corrected chi connectivity index (χ3v) is 5.45. The number of halogens is 1. The lowest BCUT2D eigenvalue weighted by atomic mass is 10.1. The fraction of sp³-hybridized carbons (Fsp3) is 0.179. The van der Waals surface area contributed by atoms with E-state index in [-0.39, 0.29) is 24.8 Å². The predicted octanol–water partition coefficient (Wildman–Crippen LogP) is 1.56. The van der Waals surface area contributed by atoms with Crippen molar-refractivity contribution in [3.63, 3.8) is 0 Å². The fourth-order valence-electron chi connectivity index (χ4n) is 3.37. The van der Waals surface area contributed by atoms with Crippen LogP contribution in [0.5, 0.6) is 0 Å². The van der Waals surface area contributed by atoms with E-state index in [1.807, 2.05) is 0 Å². The van der Waals surface area contributed by atoms with Crippen molar-refractivity contribution in [1.29, 1.82) is 0 Å². The van der Waals surface area contributed by atoms with Crippen LogP contribution in [-0.4, -0.2) is 48.6 Å². The number of amides is 3. The van der Waals surface area contributed by atoms with E-state index in [1.165, 1.54) is 11.5 Å². The second kappa shape index (κ2) is 14.2. The van der Waals surface area contributed by atoms with Gasteiger partial charge in [0.1, 0.15) is 11.9 Å². The number of hydrogen-bond donors (Lipinski definition) is 6. The zero-order chi connectivity index (χ0) is 27.3. The largest absolute Gasteiger partial charge is 0.339 e. The highest BCUT2D eigenvalue weighted by molar-refractivity contribution is 5.97. The Kier molecular flexibility index (Phi) is 10.5. The molecular weight excluding hydrogens is 489 g/mol. The normalized spacial score (nSPS) is 11.0. The molecule has 0 radical (unpaired) electrons. The molecule has 0 saturated heterocycles. The van der Waals surface area contributed by atoms with E-state index in [1.54, 1.807) is 66.7 Å². The molecule has 1 atom stereocenters. The average molecular weight is 518 g/mol. The van der Waals surface area contributed by atoms with Crippen LogP contribution in [0.1, 0.15) is 27.0 Å². The van der Waals surface area contributed by atoms with Crippen molar-refractivity contribution >= 4 is 23.4 Å². The predicted molar refractivity (Wildman–Crippen MR) is 141 cm³/mol. The molecule has 3 rings (SSSR count). The first-order valence-corrected chi connectivity index (χ1v) is 11.8. The van der Waals surface area contributed by atoms with Gasteiger partial charge in [-0.05, 0) is 73.1 Å². The molecule has 3 aromatic carbocycles. The fourth-order valence-corrected chi connectivity index (χ4v) is 3.37. The van der Waals surface area contributed by atoms with Crippen molar-refractivity contribution in [1.82, 2.24) is 16.1 Å². The number of nitrogens with two attached hydrogens (primary N) is 1. The van der Waals surface area contributed by atoms with Crippen molar-refractivity contribution in [2.24, 2.45) is 5.73 Å². The minimum absolute atomic E-state index is 0.103. The number of carbonyl (C=O) groups excluding carboxylic acids is 3. The molecule has 3 amide bonds. The van der Waals surface area contributed by atoms with Crippen LogP contribution in [0.25, 0.3) is 0 Å². The Bertz CT molecular complexity index is 1320. The SMILES string of the molecule is NC[C@H](NC(=O)c1ccc(C#Cc2ccc(NC(=O)CNCCc3ccccc3F)cc2)cc1)C(=O)NO. The van der Waals surface area contributed by atoms with Crippen LogP contribution < -0.4 is 27.2 Å². The van der Waals surface area contributed by atoms with Crippen molar-refractivity contribution < 1.29 is 24.0 Å². The van der Waals surface area contributed by atoms with Gasteiger partial charge in [0.2, 0.25) is 5.91 Å². The van der Waals surface area contributed by atoms with Crippen LogP contribution in [-0.2, 0) is 16.0 Å². The second-order valence-electron chi connectivity index (χ2n) is 8.21. The summed E-state index contributed by atoms with van der Waals surface area (Å²) in [5, 5.41) is 16.9. The molecule has 9 nitrogen and oxygen atoms in total. The van der Waals surface area contributed by atoms with Crippen molar-refractivity contribution in [3.8, 4) is 11.8 Å². The standard InChI is InChI=1S/C28H28FN5O4/c29-24-4-2-1-3-21(24)15-16-31-18-26(35)32-23-13-9-20(10-14-23)6-5-19-7-11-22(12-8-19)27(36)33-25(17-30)28(37)34-38/h1-4,7-14,25,31,38H,15-18,30H2,(H,32,35)(H,33,36)(H,34,37)/t25-/m0/s1. The molecule has 0 aliphatic carbocycles. The van der Waals surface area contributed by atoms with Crippen LogP contribution in [0.3, 0.4) is 0 Å². The summed E-state index contributed by atoms with van der Waals surface area (Å²) in [6, 6.07) is 19.0. The Morgan fingerprint density at radius 1 is 0.921 bits per heavy atom. The van der Waals surface area contributed by atoms with Crippen molar-refractivity contribution in [3.05, 3.63) is 101 Å². The lowest BCUT2D eigenvalue weighted by molar-refractivity contribution is -0.130. The van der Waals surface area contributed by atoms with Gasteiger partial charge < -0.3 is 21.7 Å². The molecule has 0 unspecified atom stereocenters. The Hall–Kier alpha value is -4.56. The number of nitrogens with one attached hydrogen (secondary N) is 4. The summed E-state index contributed by atoms with van der Waals surface area (Å²) >= 11 is 0. The molecule has 0 saturated carbocycles. The third kappa shape index (κ3) is 8.53. The van der Waals surface area contributed by atoms with Crippen LogP contribution in [0.2, 0.25) is 0 Å². The first kappa shape index (κ1) is 28.0. The topological polar surface area (TPSA) is 146 Å². The molecular formula is C28H28FN5O4. The number of anilines is 1. The molecule has 0 bridgehead atoms. The van der Waals surface area contributed by atoms with Gasteiger partial charge in [0.15, 0.2) is 0 Å². The highest BCUT2D eigenvalue weighted by atomic mass is 19.1. The van der Waals surface area contributed by atoms with Crippen molar-refractivity contribution in [2.75, 3.05) is 25.0 Å². The summed E-state index contributed by atoms with van der Waals surface area (Å²) in [6.45, 7) is 0.410. The molecule has 0 aliphatic heterocycles. The Morgan fingerprint density at radius 2 is 1.55 bits per heavy atom. The van der Waals surface area contributed by atoms with Gasteiger partial charge >= 0.3 is 0 Å². The molecule has 0 aromatic heterocycles. The van der Waals surface area contributed by atoms with Gasteiger partial charge in [0, 0.05) is 28.9 Å². The number of carbonyl (C=O) groups is 3. The molecule has 0 fully saturated rings. The molecule has 7 N–H and O–H groups in total. The first-order chi connectivity index (χ1) is 18.4. The maximum atomic E-state index is 13.6. The summed E-state index contributed by atoms with van der Waals surface area (Å²) in [6.07, 6.45) is 0.487. The number of benzene rings is 3. The van der Waals surface area contributed by atoms with Gasteiger partial charge in [-0.3, -0.25) is 19.6 Å². The van der Waals surface area contributed by atoms with Crippen LogP contribution in [0.4, 0.5) is 10.1 Å². The van der Waals surface area contributed by atoms with Crippen LogP contribution in [0, 0.1) is 17.7 Å². The monoisotopic (exact) mass is 517 g/mol. The van der Waals surface area contributed by atoms with Crippen molar-refractivity contribution in [2.45, 2.75) is 12.5 Å². The first-order valence-electron chi connectivity index (χ1n) is 11.8. The van der Waals surface area contributed by atoms with Gasteiger partial charge in [0.05, 0.1) is 6.54 Å². The highest BCUT2D eigenvalue weighted by Crippen LogP contribution is 2.10. The molecule has 3 aromatic rings. The summed E-state index contributed by atoms with van der Waals surface area (Å²) in [4.78, 5) is 35.9. The zero-order valence-corrected chi connectivity index (χ0v) is 20.5. The van der Waals surface area contributed by atoms with Gasteiger partial charge in [-0.15, -0.1) is 0 Å². The Labute approximate surface area is 219 Å². The van der Waals surface area contributed by atoms with E-state index >= 15 is 0 Å². The smallest absolute Gasteiger partial charge is 0.267 e. The van der Waals surface area contributed by atoms with E-state index in [2.05, 4.69) is 27.8 Å².